The lowest BCUT2D eigenvalue weighted by Gasteiger charge is -2.36. The molecule has 25 heavy (non-hydrogen) atoms. The van der Waals surface area contributed by atoms with E-state index in [1.165, 1.54) is 16.8 Å². The number of fused-ring (bicyclic) bond motifs is 1. The minimum atomic E-state index is -0.434. The van der Waals surface area contributed by atoms with E-state index < -0.39 is 5.82 Å². The second kappa shape index (κ2) is 6.13. The number of hydrogen-bond donors (Lipinski definition) is 1. The molecule has 1 aliphatic carbocycles. The molecule has 4 rings (SSSR count). The predicted octanol–water partition coefficient (Wildman–Crippen LogP) is 2.58. The Labute approximate surface area is 144 Å². The number of likely N-dealkylation sites (tertiary alicyclic amines) is 1. The second-order valence-corrected chi connectivity index (χ2v) is 6.95. The fraction of sp³-hybridized carbons (Fsp3) is 0.500. The summed E-state index contributed by atoms with van der Waals surface area (Å²) in [5.74, 6) is -0.608. The highest BCUT2D eigenvalue weighted by molar-refractivity contribution is 5.97. The van der Waals surface area contributed by atoms with Crippen molar-refractivity contribution < 1.29 is 14.0 Å². The second-order valence-electron chi connectivity index (χ2n) is 6.95. The zero-order valence-electron chi connectivity index (χ0n) is 13.9. The molecule has 0 spiro atoms. The molecule has 132 valence electrons. The van der Waals surface area contributed by atoms with Gasteiger partial charge in [0.15, 0.2) is 5.82 Å². The Bertz CT molecular complexity index is 847. The third kappa shape index (κ3) is 2.67. The molecule has 1 saturated carbocycles. The summed E-state index contributed by atoms with van der Waals surface area (Å²) < 4.78 is 14.9. The first kappa shape index (κ1) is 16.1. The lowest BCUT2D eigenvalue weighted by atomic mass is 9.83. The van der Waals surface area contributed by atoms with Gasteiger partial charge in [-0.3, -0.25) is 9.59 Å². The summed E-state index contributed by atoms with van der Waals surface area (Å²) in [6.45, 7) is 0.712. The lowest BCUT2D eigenvalue weighted by Crippen LogP contribution is -2.47. The zero-order valence-corrected chi connectivity index (χ0v) is 13.9. The van der Waals surface area contributed by atoms with Gasteiger partial charge in [-0.25, -0.2) is 4.39 Å². The first-order chi connectivity index (χ1) is 12.1. The van der Waals surface area contributed by atoms with Gasteiger partial charge in [-0.2, -0.15) is 4.68 Å². The van der Waals surface area contributed by atoms with Crippen LogP contribution < -0.4 is 5.73 Å². The minimum Gasteiger partial charge on any atom is -0.382 e. The van der Waals surface area contributed by atoms with Gasteiger partial charge in [-0.05, 0) is 31.4 Å². The Morgan fingerprint density at radius 3 is 2.80 bits per heavy atom. The summed E-state index contributed by atoms with van der Waals surface area (Å²) in [7, 11) is 0. The Kier molecular flexibility index (Phi) is 3.94. The van der Waals surface area contributed by atoms with Gasteiger partial charge in [0.25, 0.3) is 5.91 Å². The molecule has 0 unspecified atom stereocenters. The molecule has 2 heterocycles. The van der Waals surface area contributed by atoms with E-state index in [1.54, 1.807) is 6.07 Å². The topological polar surface area (TPSA) is 81.2 Å². The van der Waals surface area contributed by atoms with Crippen LogP contribution >= 0.6 is 0 Å². The van der Waals surface area contributed by atoms with Crippen LogP contribution in [0.2, 0.25) is 0 Å². The number of hydrogen-bond acceptors (Lipinski definition) is 4. The summed E-state index contributed by atoms with van der Waals surface area (Å²) in [5.41, 5.74) is 6.29. The number of amides is 1. The molecule has 0 bridgehead atoms. The Hall–Kier alpha value is -2.44. The zero-order chi connectivity index (χ0) is 17.6. The standard InChI is InChI=1S/C18H21FN4O2/c19-11-7-8-12-15(10-11)23(21-17(12)20)18(25)13-4-1-2-5-14(13)22-9-3-6-16(22)24/h7-8,10,13-14H,1-6,9H2,(H2,20,21)/t13-,14+/m1/s1. The van der Waals surface area contributed by atoms with Crippen LogP contribution in [-0.2, 0) is 4.79 Å². The molecule has 1 aromatic carbocycles. The van der Waals surface area contributed by atoms with Crippen LogP contribution in [-0.4, -0.2) is 39.1 Å². The third-order valence-electron chi connectivity index (χ3n) is 5.44. The van der Waals surface area contributed by atoms with Gasteiger partial charge >= 0.3 is 0 Å². The van der Waals surface area contributed by atoms with Gasteiger partial charge in [-0.1, -0.05) is 12.8 Å². The molecule has 2 aliphatic rings. The van der Waals surface area contributed by atoms with Crippen LogP contribution in [0.1, 0.15) is 43.3 Å². The normalized spacial score (nSPS) is 24.2. The number of carbonyl (C=O) groups excluding carboxylic acids is 2. The summed E-state index contributed by atoms with van der Waals surface area (Å²) in [4.78, 5) is 27.2. The van der Waals surface area contributed by atoms with Gasteiger partial charge in [0.05, 0.1) is 11.4 Å². The van der Waals surface area contributed by atoms with Crippen LogP contribution in [0.15, 0.2) is 18.2 Å². The van der Waals surface area contributed by atoms with Crippen molar-refractivity contribution in [2.24, 2.45) is 5.92 Å². The van der Waals surface area contributed by atoms with Crippen LogP contribution in [0, 0.1) is 11.7 Å². The fourth-order valence-corrected chi connectivity index (χ4v) is 4.23. The fourth-order valence-electron chi connectivity index (χ4n) is 4.23. The van der Waals surface area contributed by atoms with Crippen molar-refractivity contribution in [2.75, 3.05) is 12.3 Å². The lowest BCUT2D eigenvalue weighted by molar-refractivity contribution is -0.130. The Morgan fingerprint density at radius 1 is 1.24 bits per heavy atom. The molecule has 2 fully saturated rings. The van der Waals surface area contributed by atoms with E-state index in [2.05, 4.69) is 5.10 Å². The number of anilines is 1. The number of carbonyl (C=O) groups is 2. The molecule has 2 aromatic rings. The summed E-state index contributed by atoms with van der Waals surface area (Å²) in [6.07, 6.45) is 4.89. The first-order valence-corrected chi connectivity index (χ1v) is 8.83. The predicted molar refractivity (Wildman–Crippen MR) is 91.4 cm³/mol. The number of nitrogens with zero attached hydrogens (tertiary/aromatic N) is 3. The maximum atomic E-state index is 13.7. The molecular formula is C18H21FN4O2. The van der Waals surface area contributed by atoms with Gasteiger partial charge in [0, 0.05) is 30.5 Å². The molecule has 2 atom stereocenters. The maximum absolute atomic E-state index is 13.7. The van der Waals surface area contributed by atoms with Crippen molar-refractivity contribution in [1.82, 2.24) is 14.7 Å². The molecule has 7 heteroatoms. The third-order valence-corrected chi connectivity index (χ3v) is 5.44. The van der Waals surface area contributed by atoms with Crippen molar-refractivity contribution in [3.8, 4) is 0 Å². The Balaban J connectivity index is 1.71. The number of aromatic nitrogens is 2. The highest BCUT2D eigenvalue weighted by atomic mass is 19.1. The van der Waals surface area contributed by atoms with Crippen LogP contribution in [0.5, 0.6) is 0 Å². The van der Waals surface area contributed by atoms with E-state index in [0.717, 1.165) is 25.7 Å². The number of nitrogen functional groups attached to an aromatic ring is 1. The van der Waals surface area contributed by atoms with E-state index in [9.17, 15) is 14.0 Å². The SMILES string of the molecule is Nc1nn(C(=O)[C@@H]2CCCC[C@@H]2N2CCCC2=O)c2cc(F)ccc12. The molecule has 1 amide bonds. The van der Waals surface area contributed by atoms with Crippen molar-refractivity contribution in [3.05, 3.63) is 24.0 Å². The number of nitrogens with two attached hydrogens (primary N) is 1. The van der Waals surface area contributed by atoms with E-state index >= 15 is 0 Å². The van der Waals surface area contributed by atoms with E-state index in [4.69, 9.17) is 5.73 Å². The quantitative estimate of drug-likeness (QED) is 0.908. The molecule has 1 aliphatic heterocycles. The van der Waals surface area contributed by atoms with Crippen molar-refractivity contribution in [2.45, 2.75) is 44.6 Å². The number of benzene rings is 1. The van der Waals surface area contributed by atoms with E-state index in [1.807, 2.05) is 4.90 Å². The number of halogens is 1. The summed E-state index contributed by atoms with van der Waals surface area (Å²) in [6, 6.07) is 4.04. The van der Waals surface area contributed by atoms with Gasteiger partial charge in [0.1, 0.15) is 5.82 Å². The van der Waals surface area contributed by atoms with Gasteiger partial charge in [0.2, 0.25) is 5.91 Å². The van der Waals surface area contributed by atoms with Crippen LogP contribution in [0.3, 0.4) is 0 Å². The first-order valence-electron chi connectivity index (χ1n) is 8.83. The van der Waals surface area contributed by atoms with E-state index in [0.29, 0.717) is 30.3 Å². The molecule has 0 radical (unpaired) electrons. The highest BCUT2D eigenvalue weighted by Gasteiger charge is 2.39. The molecule has 1 saturated heterocycles. The highest BCUT2D eigenvalue weighted by Crippen LogP contribution is 2.33. The van der Waals surface area contributed by atoms with Crippen LogP contribution in [0.4, 0.5) is 10.2 Å². The van der Waals surface area contributed by atoms with Crippen molar-refractivity contribution in [3.63, 3.8) is 0 Å². The maximum Gasteiger partial charge on any atom is 0.252 e. The molecule has 2 N–H and O–H groups in total. The molecular weight excluding hydrogens is 323 g/mol. The van der Waals surface area contributed by atoms with Gasteiger partial charge < -0.3 is 10.6 Å². The Morgan fingerprint density at radius 2 is 2.04 bits per heavy atom. The smallest absolute Gasteiger partial charge is 0.252 e. The summed E-state index contributed by atoms with van der Waals surface area (Å²) in [5, 5.41) is 4.73. The van der Waals surface area contributed by atoms with Crippen LogP contribution in [0.25, 0.3) is 10.9 Å². The monoisotopic (exact) mass is 344 g/mol. The molecule has 1 aromatic heterocycles. The largest absolute Gasteiger partial charge is 0.382 e. The summed E-state index contributed by atoms with van der Waals surface area (Å²) >= 11 is 0. The van der Waals surface area contributed by atoms with Gasteiger partial charge in [-0.15, -0.1) is 5.10 Å². The van der Waals surface area contributed by atoms with E-state index in [-0.39, 0.29) is 29.6 Å². The average molecular weight is 344 g/mol. The van der Waals surface area contributed by atoms with Crippen molar-refractivity contribution >= 4 is 28.5 Å². The average Bonchev–Trinajstić information content (AvgIpc) is 3.17. The molecule has 6 nitrogen and oxygen atoms in total. The number of rotatable bonds is 2. The minimum absolute atomic E-state index is 0.0923. The van der Waals surface area contributed by atoms with Crippen molar-refractivity contribution in [1.29, 1.82) is 0 Å².